The second kappa shape index (κ2) is 5.07. The molecule has 1 fully saturated rings. The Bertz CT molecular complexity index is 897. The summed E-state index contributed by atoms with van der Waals surface area (Å²) < 4.78 is 8.59. The number of benzene rings is 1. The van der Waals surface area contributed by atoms with Gasteiger partial charge < -0.3 is 14.4 Å². The number of pyridine rings is 1. The Labute approximate surface area is 134 Å². The lowest BCUT2D eigenvalue weighted by Gasteiger charge is -2.14. The topological polar surface area (TPSA) is 64.3 Å². The van der Waals surface area contributed by atoms with E-state index < -0.39 is 5.97 Å². The number of carbonyl (C=O) groups is 1. The highest BCUT2D eigenvalue weighted by atomic mass is 79.9. The molecule has 0 spiro atoms. The summed E-state index contributed by atoms with van der Waals surface area (Å²) in [6.07, 6.45) is 2.69. The highest BCUT2D eigenvalue weighted by molar-refractivity contribution is 9.10. The average Bonchev–Trinajstić information content (AvgIpc) is 3.11. The molecule has 22 heavy (non-hydrogen) atoms. The molecule has 3 heterocycles. The first-order valence-electron chi connectivity index (χ1n) is 7.05. The van der Waals surface area contributed by atoms with Crippen LogP contribution in [0, 0.1) is 0 Å². The van der Waals surface area contributed by atoms with Crippen molar-refractivity contribution in [3.8, 4) is 0 Å². The third-order valence-electron chi connectivity index (χ3n) is 4.12. The van der Waals surface area contributed by atoms with Crippen molar-refractivity contribution in [2.75, 3.05) is 13.2 Å². The van der Waals surface area contributed by atoms with E-state index in [2.05, 4.69) is 25.5 Å². The molecule has 2 aromatic heterocycles. The van der Waals surface area contributed by atoms with Gasteiger partial charge in [-0.05, 0) is 46.6 Å². The zero-order valence-corrected chi connectivity index (χ0v) is 13.2. The molecule has 1 aliphatic rings. The van der Waals surface area contributed by atoms with E-state index in [9.17, 15) is 9.90 Å². The van der Waals surface area contributed by atoms with E-state index in [1.54, 1.807) is 18.3 Å². The van der Waals surface area contributed by atoms with Crippen LogP contribution in [-0.4, -0.2) is 33.8 Å². The van der Waals surface area contributed by atoms with E-state index in [0.717, 1.165) is 39.4 Å². The Hall–Kier alpha value is -1.92. The number of aromatic carboxylic acids is 1. The minimum Gasteiger partial charge on any atom is -0.478 e. The summed E-state index contributed by atoms with van der Waals surface area (Å²) in [7, 11) is 0. The zero-order valence-electron chi connectivity index (χ0n) is 11.6. The van der Waals surface area contributed by atoms with Gasteiger partial charge in [-0.15, -0.1) is 0 Å². The maximum absolute atomic E-state index is 11.3. The summed E-state index contributed by atoms with van der Waals surface area (Å²) in [5, 5.41) is 10.2. The largest absolute Gasteiger partial charge is 0.478 e. The van der Waals surface area contributed by atoms with Crippen molar-refractivity contribution in [2.24, 2.45) is 0 Å². The summed E-state index contributed by atoms with van der Waals surface area (Å²) in [6.45, 7) is 1.37. The standard InChI is InChI=1S/C16H13BrN2O3/c17-10-6-14-15(18-7-10)12-2-1-9(16(20)21)5-13(12)19(14)11-3-4-22-8-11/h1-2,5-7,11H,3-4,8H2,(H,20,21). The molecule has 0 bridgehead atoms. The highest BCUT2D eigenvalue weighted by Crippen LogP contribution is 2.35. The Morgan fingerprint density at radius 1 is 1.36 bits per heavy atom. The lowest BCUT2D eigenvalue weighted by molar-refractivity contribution is 0.0697. The molecule has 1 aromatic carbocycles. The fourth-order valence-electron chi connectivity index (χ4n) is 3.13. The molecule has 0 saturated carbocycles. The Morgan fingerprint density at radius 2 is 2.23 bits per heavy atom. The third-order valence-corrected chi connectivity index (χ3v) is 4.56. The van der Waals surface area contributed by atoms with Crippen molar-refractivity contribution in [2.45, 2.75) is 12.5 Å². The van der Waals surface area contributed by atoms with Gasteiger partial charge in [0, 0.05) is 22.7 Å². The quantitative estimate of drug-likeness (QED) is 0.757. The first-order chi connectivity index (χ1) is 10.6. The summed E-state index contributed by atoms with van der Waals surface area (Å²) in [6, 6.07) is 7.43. The normalized spacial score (nSPS) is 18.3. The average molecular weight is 361 g/mol. The van der Waals surface area contributed by atoms with Gasteiger partial charge in [-0.1, -0.05) is 0 Å². The number of carboxylic acids is 1. The van der Waals surface area contributed by atoms with Crippen molar-refractivity contribution < 1.29 is 14.6 Å². The van der Waals surface area contributed by atoms with Crippen LogP contribution in [0.25, 0.3) is 21.9 Å². The van der Waals surface area contributed by atoms with Gasteiger partial charge >= 0.3 is 5.97 Å². The van der Waals surface area contributed by atoms with Gasteiger partial charge in [-0.2, -0.15) is 0 Å². The number of aromatic nitrogens is 2. The third kappa shape index (κ3) is 2.02. The molecule has 3 aromatic rings. The summed E-state index contributed by atoms with van der Waals surface area (Å²) >= 11 is 3.47. The summed E-state index contributed by atoms with van der Waals surface area (Å²) in [4.78, 5) is 15.8. The van der Waals surface area contributed by atoms with Crippen LogP contribution >= 0.6 is 15.9 Å². The number of fused-ring (bicyclic) bond motifs is 3. The van der Waals surface area contributed by atoms with E-state index in [1.165, 1.54) is 0 Å². The fraction of sp³-hybridized carbons (Fsp3) is 0.250. The molecule has 5 nitrogen and oxygen atoms in total. The predicted octanol–water partition coefficient (Wildman–Crippen LogP) is 3.61. The van der Waals surface area contributed by atoms with Gasteiger partial charge in [-0.25, -0.2) is 4.79 Å². The first kappa shape index (κ1) is 13.7. The lowest BCUT2D eigenvalue weighted by Crippen LogP contribution is -2.08. The lowest BCUT2D eigenvalue weighted by atomic mass is 10.1. The van der Waals surface area contributed by atoms with Crippen molar-refractivity contribution in [3.05, 3.63) is 40.5 Å². The van der Waals surface area contributed by atoms with Crippen LogP contribution in [0.15, 0.2) is 34.9 Å². The van der Waals surface area contributed by atoms with Crippen molar-refractivity contribution in [3.63, 3.8) is 0 Å². The number of hydrogen-bond donors (Lipinski definition) is 1. The van der Waals surface area contributed by atoms with E-state index >= 15 is 0 Å². The number of halogens is 1. The van der Waals surface area contributed by atoms with Gasteiger partial charge in [0.25, 0.3) is 0 Å². The van der Waals surface area contributed by atoms with Crippen molar-refractivity contribution in [1.29, 1.82) is 0 Å². The Balaban J connectivity index is 2.10. The van der Waals surface area contributed by atoms with Crippen molar-refractivity contribution in [1.82, 2.24) is 9.55 Å². The van der Waals surface area contributed by atoms with E-state index in [1.807, 2.05) is 12.1 Å². The van der Waals surface area contributed by atoms with Crippen LogP contribution in [-0.2, 0) is 4.74 Å². The summed E-state index contributed by atoms with van der Waals surface area (Å²) in [5.74, 6) is -0.921. The number of carboxylic acid groups (broad SMARTS) is 1. The SMILES string of the molecule is O=C(O)c1ccc2c3ncc(Br)cc3n(C3CCOC3)c2c1. The Morgan fingerprint density at radius 3 is 2.95 bits per heavy atom. The van der Waals surface area contributed by atoms with Gasteiger partial charge in [0.05, 0.1) is 34.8 Å². The molecular formula is C16H13BrN2O3. The molecule has 4 rings (SSSR count). The molecule has 0 radical (unpaired) electrons. The van der Waals surface area contributed by atoms with Crippen LogP contribution in [0.4, 0.5) is 0 Å². The maximum Gasteiger partial charge on any atom is 0.335 e. The zero-order chi connectivity index (χ0) is 15.3. The smallest absolute Gasteiger partial charge is 0.335 e. The van der Waals surface area contributed by atoms with E-state index in [0.29, 0.717) is 6.61 Å². The van der Waals surface area contributed by atoms with Crippen LogP contribution in [0.3, 0.4) is 0 Å². The second-order valence-electron chi connectivity index (χ2n) is 5.45. The van der Waals surface area contributed by atoms with Gasteiger partial charge in [0.2, 0.25) is 0 Å². The number of ether oxygens (including phenoxy) is 1. The van der Waals surface area contributed by atoms with Gasteiger partial charge in [0.1, 0.15) is 0 Å². The summed E-state index contributed by atoms with van der Waals surface area (Å²) in [5.41, 5.74) is 3.08. The predicted molar refractivity (Wildman–Crippen MR) is 86.4 cm³/mol. The molecule has 6 heteroatoms. The van der Waals surface area contributed by atoms with E-state index in [4.69, 9.17) is 4.74 Å². The molecule has 1 atom stereocenters. The number of rotatable bonds is 2. The van der Waals surface area contributed by atoms with Crippen LogP contribution in [0.5, 0.6) is 0 Å². The molecular weight excluding hydrogens is 348 g/mol. The monoisotopic (exact) mass is 360 g/mol. The number of nitrogens with zero attached hydrogens (tertiary/aromatic N) is 2. The molecule has 0 aliphatic carbocycles. The second-order valence-corrected chi connectivity index (χ2v) is 6.36. The molecule has 0 amide bonds. The van der Waals surface area contributed by atoms with Crippen LogP contribution < -0.4 is 0 Å². The minimum absolute atomic E-state index is 0.208. The number of hydrogen-bond acceptors (Lipinski definition) is 3. The first-order valence-corrected chi connectivity index (χ1v) is 7.84. The molecule has 1 aliphatic heterocycles. The molecule has 1 saturated heterocycles. The maximum atomic E-state index is 11.3. The van der Waals surface area contributed by atoms with Gasteiger partial charge in [0.15, 0.2) is 0 Å². The fourth-order valence-corrected chi connectivity index (χ4v) is 3.45. The highest BCUT2D eigenvalue weighted by Gasteiger charge is 2.23. The van der Waals surface area contributed by atoms with Crippen LogP contribution in [0.1, 0.15) is 22.8 Å². The van der Waals surface area contributed by atoms with Crippen LogP contribution in [0.2, 0.25) is 0 Å². The molecule has 112 valence electrons. The van der Waals surface area contributed by atoms with Gasteiger partial charge in [-0.3, -0.25) is 4.98 Å². The van der Waals surface area contributed by atoms with Crippen molar-refractivity contribution >= 4 is 43.8 Å². The molecule has 1 unspecified atom stereocenters. The van der Waals surface area contributed by atoms with E-state index in [-0.39, 0.29) is 11.6 Å². The Kier molecular flexibility index (Phi) is 3.16. The minimum atomic E-state index is -0.921. The molecule has 1 N–H and O–H groups in total.